The third kappa shape index (κ3) is 2.84. The molecule has 0 saturated heterocycles. The Labute approximate surface area is 122 Å². The summed E-state index contributed by atoms with van der Waals surface area (Å²) in [6.45, 7) is 0. The van der Waals surface area contributed by atoms with E-state index in [2.05, 4.69) is 21.4 Å². The van der Waals surface area contributed by atoms with Crippen LogP contribution in [-0.4, -0.2) is 0 Å². The average molecular weight is 352 g/mol. The molecule has 0 aliphatic heterocycles. The lowest BCUT2D eigenvalue weighted by Crippen LogP contribution is -2.28. The summed E-state index contributed by atoms with van der Waals surface area (Å²) in [5.41, 5.74) is 3.73. The minimum absolute atomic E-state index is 0.171. The van der Waals surface area contributed by atoms with Crippen LogP contribution < -0.4 is 11.3 Å². The van der Waals surface area contributed by atoms with Crippen molar-refractivity contribution >= 4 is 50.5 Å². The summed E-state index contributed by atoms with van der Waals surface area (Å²) >= 11 is 17.2. The molecule has 1 aromatic heterocycles. The standard InChI is InChI=1S/C11H9BrCl2N2S/c12-8-2-1-6(13)5-7(8)10(16-15)11-9(14)3-4-17-11/h1-5,10,16H,15H2. The Kier molecular flexibility index (Phi) is 4.47. The van der Waals surface area contributed by atoms with E-state index in [1.165, 1.54) is 0 Å². The van der Waals surface area contributed by atoms with Crippen LogP contribution in [0.15, 0.2) is 34.1 Å². The van der Waals surface area contributed by atoms with Crippen LogP contribution in [0.2, 0.25) is 10.0 Å². The third-order valence-corrected chi connectivity index (χ3v) is 4.72. The highest BCUT2D eigenvalue weighted by Crippen LogP contribution is 2.36. The lowest BCUT2D eigenvalue weighted by Gasteiger charge is -2.17. The number of thiophene rings is 1. The molecule has 1 heterocycles. The highest BCUT2D eigenvalue weighted by atomic mass is 79.9. The van der Waals surface area contributed by atoms with Crippen molar-refractivity contribution < 1.29 is 0 Å². The molecule has 2 nitrogen and oxygen atoms in total. The van der Waals surface area contributed by atoms with Crippen molar-refractivity contribution in [3.05, 3.63) is 54.6 Å². The molecule has 0 radical (unpaired) electrons. The van der Waals surface area contributed by atoms with Gasteiger partial charge in [0.2, 0.25) is 0 Å². The molecular formula is C11H9BrCl2N2S. The zero-order valence-electron chi connectivity index (χ0n) is 8.58. The van der Waals surface area contributed by atoms with Gasteiger partial charge in [0.15, 0.2) is 0 Å². The first-order valence-corrected chi connectivity index (χ1v) is 7.20. The quantitative estimate of drug-likeness (QED) is 0.636. The monoisotopic (exact) mass is 350 g/mol. The van der Waals surface area contributed by atoms with E-state index in [0.29, 0.717) is 10.0 Å². The summed E-state index contributed by atoms with van der Waals surface area (Å²) in [7, 11) is 0. The van der Waals surface area contributed by atoms with Crippen LogP contribution in [0, 0.1) is 0 Å². The first-order chi connectivity index (χ1) is 8.13. The molecule has 2 aromatic rings. The van der Waals surface area contributed by atoms with E-state index in [0.717, 1.165) is 14.9 Å². The highest BCUT2D eigenvalue weighted by Gasteiger charge is 2.19. The predicted molar refractivity (Wildman–Crippen MR) is 77.6 cm³/mol. The van der Waals surface area contributed by atoms with Crippen LogP contribution in [0.25, 0.3) is 0 Å². The van der Waals surface area contributed by atoms with Crippen molar-refractivity contribution in [1.82, 2.24) is 5.43 Å². The van der Waals surface area contributed by atoms with Crippen LogP contribution in [0.1, 0.15) is 16.5 Å². The highest BCUT2D eigenvalue weighted by molar-refractivity contribution is 9.10. The van der Waals surface area contributed by atoms with Crippen molar-refractivity contribution in [2.45, 2.75) is 6.04 Å². The second-order valence-electron chi connectivity index (χ2n) is 3.40. The fraction of sp³-hybridized carbons (Fsp3) is 0.0909. The lowest BCUT2D eigenvalue weighted by atomic mass is 10.1. The van der Waals surface area contributed by atoms with Crippen molar-refractivity contribution in [3.63, 3.8) is 0 Å². The fourth-order valence-corrected chi connectivity index (χ4v) is 3.45. The van der Waals surface area contributed by atoms with E-state index in [1.54, 1.807) is 11.3 Å². The largest absolute Gasteiger partial charge is 0.271 e. The van der Waals surface area contributed by atoms with Crippen LogP contribution >= 0.6 is 50.5 Å². The van der Waals surface area contributed by atoms with Gasteiger partial charge in [-0.05, 0) is 35.2 Å². The second kappa shape index (κ2) is 5.69. The van der Waals surface area contributed by atoms with Crippen molar-refractivity contribution in [2.24, 2.45) is 5.84 Å². The molecule has 0 aliphatic carbocycles. The first-order valence-electron chi connectivity index (χ1n) is 4.77. The van der Waals surface area contributed by atoms with Gasteiger partial charge < -0.3 is 0 Å². The van der Waals surface area contributed by atoms with E-state index in [4.69, 9.17) is 29.0 Å². The maximum atomic E-state index is 6.12. The lowest BCUT2D eigenvalue weighted by molar-refractivity contribution is 0.644. The molecule has 0 amide bonds. The minimum atomic E-state index is -0.171. The minimum Gasteiger partial charge on any atom is -0.271 e. The molecule has 0 bridgehead atoms. The van der Waals surface area contributed by atoms with Crippen LogP contribution in [0.4, 0.5) is 0 Å². The molecular weight excluding hydrogens is 343 g/mol. The third-order valence-electron chi connectivity index (χ3n) is 2.34. The summed E-state index contributed by atoms with van der Waals surface area (Å²) in [5.74, 6) is 5.62. The number of rotatable bonds is 3. The number of benzene rings is 1. The Hall–Kier alpha value is -0.100. The van der Waals surface area contributed by atoms with Gasteiger partial charge in [0, 0.05) is 14.4 Å². The first kappa shape index (κ1) is 13.3. The number of nitrogens with one attached hydrogen (secondary N) is 1. The number of hydrazine groups is 1. The molecule has 1 aromatic carbocycles. The van der Waals surface area contributed by atoms with Crippen molar-refractivity contribution in [2.75, 3.05) is 0 Å². The van der Waals surface area contributed by atoms with Gasteiger partial charge in [-0.15, -0.1) is 11.3 Å². The summed E-state index contributed by atoms with van der Waals surface area (Å²) < 4.78 is 0.939. The van der Waals surface area contributed by atoms with Gasteiger partial charge in [-0.1, -0.05) is 39.1 Å². The summed E-state index contributed by atoms with van der Waals surface area (Å²) in [6, 6.07) is 7.26. The maximum Gasteiger partial charge on any atom is 0.0828 e. The molecule has 2 rings (SSSR count). The molecule has 6 heteroatoms. The summed E-state index contributed by atoms with van der Waals surface area (Å²) in [5, 5.41) is 3.29. The Bertz CT molecular complexity index is 530. The molecule has 1 unspecified atom stereocenters. The number of hydrogen-bond acceptors (Lipinski definition) is 3. The number of hydrogen-bond donors (Lipinski definition) is 2. The molecule has 0 saturated carbocycles. The summed E-state index contributed by atoms with van der Waals surface area (Å²) in [4.78, 5) is 0.970. The fourth-order valence-electron chi connectivity index (χ4n) is 1.55. The van der Waals surface area contributed by atoms with E-state index in [-0.39, 0.29) is 6.04 Å². The number of nitrogens with two attached hydrogens (primary N) is 1. The van der Waals surface area contributed by atoms with Crippen molar-refractivity contribution in [1.29, 1.82) is 0 Å². The zero-order chi connectivity index (χ0) is 12.4. The van der Waals surface area contributed by atoms with E-state index >= 15 is 0 Å². The number of halogens is 3. The van der Waals surface area contributed by atoms with Gasteiger partial charge in [-0.2, -0.15) is 0 Å². The Morgan fingerprint density at radius 2 is 2.06 bits per heavy atom. The normalized spacial score (nSPS) is 12.7. The van der Waals surface area contributed by atoms with Crippen molar-refractivity contribution in [3.8, 4) is 0 Å². The zero-order valence-corrected chi connectivity index (χ0v) is 12.5. The van der Waals surface area contributed by atoms with Gasteiger partial charge in [-0.3, -0.25) is 5.84 Å². The van der Waals surface area contributed by atoms with E-state index in [1.807, 2.05) is 29.6 Å². The van der Waals surface area contributed by atoms with Gasteiger partial charge in [-0.25, -0.2) is 5.43 Å². The maximum absolute atomic E-state index is 6.12. The summed E-state index contributed by atoms with van der Waals surface area (Å²) in [6.07, 6.45) is 0. The molecule has 1 atom stereocenters. The molecule has 3 N–H and O–H groups in total. The van der Waals surface area contributed by atoms with Crippen LogP contribution in [0.3, 0.4) is 0 Å². The van der Waals surface area contributed by atoms with Gasteiger partial charge in [0.1, 0.15) is 0 Å². The predicted octanol–water partition coefficient (Wildman–Crippen LogP) is 4.37. The van der Waals surface area contributed by atoms with E-state index < -0.39 is 0 Å². The molecule has 0 aliphatic rings. The topological polar surface area (TPSA) is 38.0 Å². The van der Waals surface area contributed by atoms with Gasteiger partial charge >= 0.3 is 0 Å². The Morgan fingerprint density at radius 1 is 1.29 bits per heavy atom. The smallest absolute Gasteiger partial charge is 0.0828 e. The second-order valence-corrected chi connectivity index (χ2v) is 6.04. The van der Waals surface area contributed by atoms with Crippen LogP contribution in [-0.2, 0) is 0 Å². The molecule has 0 fully saturated rings. The molecule has 90 valence electrons. The van der Waals surface area contributed by atoms with E-state index in [9.17, 15) is 0 Å². The van der Waals surface area contributed by atoms with Gasteiger partial charge in [0.05, 0.1) is 11.1 Å². The Morgan fingerprint density at radius 3 is 2.65 bits per heavy atom. The molecule has 17 heavy (non-hydrogen) atoms. The van der Waals surface area contributed by atoms with Gasteiger partial charge in [0.25, 0.3) is 0 Å². The van der Waals surface area contributed by atoms with Crippen LogP contribution in [0.5, 0.6) is 0 Å². The SMILES string of the molecule is NNC(c1cc(Cl)ccc1Br)c1sccc1Cl. The average Bonchev–Trinajstić information content (AvgIpc) is 2.71. The Balaban J connectivity index is 2.49. The molecule has 0 spiro atoms.